The first-order valence-electron chi connectivity index (χ1n) is 17.7. The molecule has 10 rings (SSSR count). The zero-order valence-corrected chi connectivity index (χ0v) is 30.3. The van der Waals surface area contributed by atoms with Crippen molar-refractivity contribution in [3.8, 4) is 33.6 Å². The van der Waals surface area contributed by atoms with Crippen molar-refractivity contribution in [2.75, 3.05) is 0 Å². The fourth-order valence-electron chi connectivity index (χ4n) is 7.80. The van der Waals surface area contributed by atoms with Crippen LogP contribution < -0.4 is 8.92 Å². The van der Waals surface area contributed by atoms with E-state index in [1.165, 1.54) is 43.6 Å². The van der Waals surface area contributed by atoms with Crippen LogP contribution in [0.3, 0.4) is 0 Å². The standard InChI is InChI=1S/C48H32N2O2Se/c51-53(52,39-29-21-35(22-30-39)33-17-25-37(26-18-33)49-45-13-5-1-9-41(45)42-10-2-6-14-46(42)49)40-31-23-36(24-32-40)34-19-27-38(28-20-34)50-47-15-7-3-11-43(47)44-12-4-8-16-48(44)50/h1-32H. The van der Waals surface area contributed by atoms with Crippen LogP contribution in [0.2, 0.25) is 0 Å². The second kappa shape index (κ2) is 12.3. The number of aromatic nitrogens is 2. The summed E-state index contributed by atoms with van der Waals surface area (Å²) in [6, 6.07) is 65.4. The Morgan fingerprint density at radius 3 is 0.811 bits per heavy atom. The van der Waals surface area contributed by atoms with Crippen LogP contribution in [-0.4, -0.2) is 21.8 Å². The Hall–Kier alpha value is -6.52. The van der Waals surface area contributed by atoms with Gasteiger partial charge >= 0.3 is 286 Å². The van der Waals surface area contributed by atoms with Crippen LogP contribution in [0.4, 0.5) is 0 Å². The minimum absolute atomic E-state index is 0.343. The van der Waals surface area contributed by atoms with Crippen LogP contribution in [0.15, 0.2) is 194 Å². The zero-order chi connectivity index (χ0) is 35.5. The Bertz CT molecular complexity index is 2770. The average molecular weight is 748 g/mol. The maximum atomic E-state index is 13.8. The molecule has 0 saturated heterocycles. The van der Waals surface area contributed by atoms with Gasteiger partial charge in [0.1, 0.15) is 0 Å². The molecule has 0 radical (unpaired) electrons. The molecule has 0 atom stereocenters. The van der Waals surface area contributed by atoms with Gasteiger partial charge in [-0.25, -0.2) is 0 Å². The predicted octanol–water partition coefficient (Wildman–Crippen LogP) is 10.6. The molecule has 2 heterocycles. The second-order valence-electron chi connectivity index (χ2n) is 13.4. The van der Waals surface area contributed by atoms with Crippen molar-refractivity contribution in [3.63, 3.8) is 0 Å². The number of rotatable bonds is 6. The van der Waals surface area contributed by atoms with Crippen LogP contribution in [0.5, 0.6) is 0 Å². The zero-order valence-electron chi connectivity index (χ0n) is 28.6. The number of benzene rings is 8. The molecule has 10 aromatic rings. The Labute approximate surface area is 308 Å². The van der Waals surface area contributed by atoms with E-state index < -0.39 is 12.7 Å². The van der Waals surface area contributed by atoms with E-state index in [1.54, 1.807) is 24.3 Å². The minimum atomic E-state index is -4.63. The quantitative estimate of drug-likeness (QED) is 0.159. The van der Waals surface area contributed by atoms with E-state index in [1.807, 2.05) is 24.3 Å². The molecular weight excluding hydrogens is 715 g/mol. The third-order valence-electron chi connectivity index (χ3n) is 10.4. The van der Waals surface area contributed by atoms with E-state index in [9.17, 15) is 7.67 Å². The van der Waals surface area contributed by atoms with Gasteiger partial charge in [0.2, 0.25) is 0 Å². The molecule has 0 bridgehead atoms. The fourth-order valence-corrected chi connectivity index (χ4v) is 10.4. The van der Waals surface area contributed by atoms with Gasteiger partial charge in [-0.3, -0.25) is 0 Å². The molecule has 0 amide bonds. The SMILES string of the molecule is O=[Se](=O)(c1ccc(-c2ccc(-n3c4ccccc4c4ccccc43)cc2)cc1)c1ccc(-c2ccc(-n3c4ccccc4c4ccccc43)cc2)cc1. The first-order chi connectivity index (χ1) is 26.0. The molecule has 2 aromatic heterocycles. The third-order valence-corrected chi connectivity index (χ3v) is 14.2. The Kier molecular flexibility index (Phi) is 7.26. The van der Waals surface area contributed by atoms with Gasteiger partial charge in [-0.05, 0) is 0 Å². The van der Waals surface area contributed by atoms with Gasteiger partial charge in [0.15, 0.2) is 0 Å². The molecule has 5 heteroatoms. The van der Waals surface area contributed by atoms with E-state index in [2.05, 4.69) is 155 Å². The van der Waals surface area contributed by atoms with E-state index in [0.29, 0.717) is 8.92 Å². The number of fused-ring (bicyclic) bond motifs is 6. The van der Waals surface area contributed by atoms with Gasteiger partial charge in [0, 0.05) is 0 Å². The molecule has 0 fully saturated rings. The van der Waals surface area contributed by atoms with Crippen molar-refractivity contribution in [3.05, 3.63) is 194 Å². The number of hydrogen-bond acceptors (Lipinski definition) is 2. The summed E-state index contributed by atoms with van der Waals surface area (Å²) in [5.41, 5.74) is 10.8. The summed E-state index contributed by atoms with van der Waals surface area (Å²) in [5.74, 6) is 0. The van der Waals surface area contributed by atoms with Gasteiger partial charge in [-0.1, -0.05) is 24.3 Å². The van der Waals surface area contributed by atoms with Gasteiger partial charge in [0.05, 0.1) is 0 Å². The maximum absolute atomic E-state index is 13.8. The summed E-state index contributed by atoms with van der Waals surface area (Å²) in [6.45, 7) is 0. The average Bonchev–Trinajstić information content (AvgIpc) is 3.74. The van der Waals surface area contributed by atoms with Crippen LogP contribution in [0, 0.1) is 0 Å². The molecular formula is C48H32N2O2Se. The monoisotopic (exact) mass is 748 g/mol. The topological polar surface area (TPSA) is 44.0 Å². The predicted molar refractivity (Wildman–Crippen MR) is 219 cm³/mol. The van der Waals surface area contributed by atoms with E-state index in [0.717, 1.165) is 33.6 Å². The van der Waals surface area contributed by atoms with Gasteiger partial charge in [-0.15, -0.1) is 0 Å². The van der Waals surface area contributed by atoms with Crippen molar-refractivity contribution < 1.29 is 7.67 Å². The molecule has 0 saturated carbocycles. The van der Waals surface area contributed by atoms with Gasteiger partial charge < -0.3 is 0 Å². The number of para-hydroxylation sites is 4. The fraction of sp³-hybridized carbons (Fsp3) is 0. The van der Waals surface area contributed by atoms with E-state index in [-0.39, 0.29) is 0 Å². The summed E-state index contributed by atoms with van der Waals surface area (Å²) in [5, 5.41) is 4.91. The van der Waals surface area contributed by atoms with E-state index in [4.69, 9.17) is 0 Å². The molecule has 0 unspecified atom stereocenters. The molecule has 0 aliphatic carbocycles. The second-order valence-corrected chi connectivity index (χ2v) is 17.5. The first-order valence-corrected chi connectivity index (χ1v) is 20.8. The summed E-state index contributed by atoms with van der Waals surface area (Å²) in [6.07, 6.45) is 0. The molecule has 8 aromatic carbocycles. The summed E-state index contributed by atoms with van der Waals surface area (Å²) in [7, 11) is 0. The van der Waals surface area contributed by atoms with Gasteiger partial charge in [-0.2, -0.15) is 0 Å². The van der Waals surface area contributed by atoms with Crippen molar-refractivity contribution in [2.45, 2.75) is 0 Å². The first kappa shape index (κ1) is 31.2. The van der Waals surface area contributed by atoms with E-state index >= 15 is 0 Å². The summed E-state index contributed by atoms with van der Waals surface area (Å²) in [4.78, 5) is 0. The van der Waals surface area contributed by atoms with Crippen LogP contribution in [-0.2, 0) is 7.67 Å². The Morgan fingerprint density at radius 2 is 0.528 bits per heavy atom. The summed E-state index contributed by atoms with van der Waals surface area (Å²) < 4.78 is 32.8. The Morgan fingerprint density at radius 1 is 0.283 bits per heavy atom. The number of nitrogens with zero attached hydrogens (tertiary/aromatic N) is 2. The summed E-state index contributed by atoms with van der Waals surface area (Å²) >= 11 is -4.63. The molecule has 53 heavy (non-hydrogen) atoms. The molecule has 4 nitrogen and oxygen atoms in total. The third kappa shape index (κ3) is 5.13. The molecule has 0 spiro atoms. The van der Waals surface area contributed by atoms with Crippen molar-refractivity contribution in [1.29, 1.82) is 0 Å². The van der Waals surface area contributed by atoms with Gasteiger partial charge in [0.25, 0.3) is 0 Å². The Balaban J connectivity index is 0.891. The number of hydrogen-bond donors (Lipinski definition) is 0. The van der Waals surface area contributed by atoms with Crippen molar-refractivity contribution >= 4 is 65.2 Å². The molecule has 0 N–H and O–H groups in total. The normalized spacial score (nSPS) is 11.9. The van der Waals surface area contributed by atoms with Crippen molar-refractivity contribution in [1.82, 2.24) is 9.13 Å². The van der Waals surface area contributed by atoms with Crippen LogP contribution in [0.1, 0.15) is 0 Å². The van der Waals surface area contributed by atoms with Crippen LogP contribution >= 0.6 is 0 Å². The van der Waals surface area contributed by atoms with Crippen LogP contribution in [0.25, 0.3) is 77.2 Å². The van der Waals surface area contributed by atoms with Crippen molar-refractivity contribution in [2.24, 2.45) is 0 Å². The molecule has 0 aliphatic heterocycles. The molecule has 0 aliphatic rings. The molecule has 252 valence electrons.